The molecule has 0 unspecified atom stereocenters. The van der Waals surface area contributed by atoms with E-state index < -0.39 is 0 Å². The van der Waals surface area contributed by atoms with Crippen LogP contribution in [0, 0.1) is 0 Å². The van der Waals surface area contributed by atoms with Gasteiger partial charge in [-0.25, -0.2) is 4.98 Å². The number of hydrogen-bond donors (Lipinski definition) is 0. The minimum atomic E-state index is 0.670. The molecule has 0 spiro atoms. The third-order valence-electron chi connectivity index (χ3n) is 5.97. The lowest BCUT2D eigenvalue weighted by molar-refractivity contribution is 0.241. The lowest BCUT2D eigenvalue weighted by atomic mass is 10.2. The molecular weight excluding hydrogens is 463 g/mol. The summed E-state index contributed by atoms with van der Waals surface area (Å²) >= 11 is 18.9. The number of piperazine rings is 1. The van der Waals surface area contributed by atoms with Crippen LogP contribution in [0.15, 0.2) is 66.7 Å². The Kier molecular flexibility index (Phi) is 6.29. The van der Waals surface area contributed by atoms with Crippen molar-refractivity contribution in [3.8, 4) is 0 Å². The largest absolute Gasteiger partial charge is 0.369 e. The number of nitrogens with zero attached hydrogens (tertiary/aromatic N) is 4. The molecule has 1 aromatic heterocycles. The van der Waals surface area contributed by atoms with Crippen molar-refractivity contribution >= 4 is 51.5 Å². The Morgan fingerprint density at radius 1 is 0.750 bits per heavy atom. The highest BCUT2D eigenvalue weighted by Crippen LogP contribution is 2.27. The van der Waals surface area contributed by atoms with E-state index in [1.54, 1.807) is 6.07 Å². The number of rotatable bonds is 5. The fourth-order valence-corrected chi connectivity index (χ4v) is 5.02. The molecule has 0 aliphatic carbocycles. The van der Waals surface area contributed by atoms with Crippen molar-refractivity contribution in [2.24, 2.45) is 0 Å². The number of hydrogen-bond acceptors (Lipinski definition) is 3. The smallest absolute Gasteiger partial charge is 0.124 e. The Morgan fingerprint density at radius 3 is 2.19 bits per heavy atom. The molecule has 2 heterocycles. The molecule has 0 atom stereocenters. The van der Waals surface area contributed by atoms with Gasteiger partial charge in [-0.15, -0.1) is 0 Å². The van der Waals surface area contributed by atoms with Gasteiger partial charge >= 0.3 is 0 Å². The van der Waals surface area contributed by atoms with Gasteiger partial charge in [-0.2, -0.15) is 0 Å². The van der Waals surface area contributed by atoms with Gasteiger partial charge < -0.3 is 9.47 Å². The van der Waals surface area contributed by atoms with E-state index in [9.17, 15) is 0 Å². The average molecular weight is 486 g/mol. The zero-order valence-electron chi connectivity index (χ0n) is 17.5. The summed E-state index contributed by atoms with van der Waals surface area (Å²) in [4.78, 5) is 9.75. The van der Waals surface area contributed by atoms with Crippen LogP contribution < -0.4 is 4.90 Å². The number of imidazole rings is 1. The molecule has 5 rings (SSSR count). The van der Waals surface area contributed by atoms with Gasteiger partial charge in [0.2, 0.25) is 0 Å². The zero-order chi connectivity index (χ0) is 22.1. The second kappa shape index (κ2) is 9.32. The van der Waals surface area contributed by atoms with Gasteiger partial charge in [0.25, 0.3) is 0 Å². The second-order valence-electron chi connectivity index (χ2n) is 8.09. The van der Waals surface area contributed by atoms with Crippen LogP contribution in [-0.2, 0) is 13.1 Å². The highest BCUT2D eigenvalue weighted by molar-refractivity contribution is 6.35. The molecule has 1 fully saturated rings. The maximum atomic E-state index is 6.46. The minimum absolute atomic E-state index is 0.670. The van der Waals surface area contributed by atoms with Gasteiger partial charge in [0, 0.05) is 46.9 Å². The molecule has 0 N–H and O–H groups in total. The summed E-state index contributed by atoms with van der Waals surface area (Å²) < 4.78 is 2.29. The van der Waals surface area contributed by atoms with Gasteiger partial charge in [0.15, 0.2) is 0 Å². The summed E-state index contributed by atoms with van der Waals surface area (Å²) in [6, 6.07) is 22.0. The molecule has 0 amide bonds. The van der Waals surface area contributed by atoms with E-state index in [1.807, 2.05) is 36.4 Å². The molecule has 4 nitrogen and oxygen atoms in total. The number of anilines is 1. The number of para-hydroxylation sites is 2. The molecule has 32 heavy (non-hydrogen) atoms. The van der Waals surface area contributed by atoms with Gasteiger partial charge in [-0.1, -0.05) is 65.1 Å². The lowest BCUT2D eigenvalue weighted by Gasteiger charge is -2.36. The maximum absolute atomic E-state index is 6.46. The predicted octanol–water partition coefficient (Wildman–Crippen LogP) is 6.37. The summed E-state index contributed by atoms with van der Waals surface area (Å²) in [5.74, 6) is 1.06. The number of benzene rings is 3. The van der Waals surface area contributed by atoms with Crippen molar-refractivity contribution in [1.82, 2.24) is 14.5 Å². The molecule has 0 radical (unpaired) electrons. The third kappa shape index (κ3) is 4.60. The van der Waals surface area contributed by atoms with Crippen molar-refractivity contribution in [2.75, 3.05) is 31.1 Å². The quantitative estimate of drug-likeness (QED) is 0.328. The fraction of sp³-hybridized carbons (Fsp3) is 0.240. The first-order chi connectivity index (χ1) is 15.6. The van der Waals surface area contributed by atoms with E-state index in [0.717, 1.165) is 65.9 Å². The van der Waals surface area contributed by atoms with Crippen molar-refractivity contribution in [1.29, 1.82) is 0 Å². The van der Waals surface area contributed by atoms with Crippen LogP contribution in [0.2, 0.25) is 15.1 Å². The van der Waals surface area contributed by atoms with E-state index in [2.05, 4.69) is 38.6 Å². The molecule has 4 aromatic rings. The van der Waals surface area contributed by atoms with Crippen LogP contribution in [0.4, 0.5) is 5.69 Å². The van der Waals surface area contributed by atoms with Crippen LogP contribution in [0.25, 0.3) is 11.0 Å². The van der Waals surface area contributed by atoms with Crippen molar-refractivity contribution in [3.05, 3.63) is 93.2 Å². The average Bonchev–Trinajstić information content (AvgIpc) is 3.12. The molecule has 1 saturated heterocycles. The van der Waals surface area contributed by atoms with Gasteiger partial charge in [-0.3, -0.25) is 4.90 Å². The summed E-state index contributed by atoms with van der Waals surface area (Å²) in [6.07, 6.45) is 0. The Morgan fingerprint density at radius 2 is 1.44 bits per heavy atom. The van der Waals surface area contributed by atoms with E-state index in [0.29, 0.717) is 16.6 Å². The van der Waals surface area contributed by atoms with E-state index in [-0.39, 0.29) is 0 Å². The molecule has 164 valence electrons. The van der Waals surface area contributed by atoms with Crippen LogP contribution in [-0.4, -0.2) is 40.6 Å². The van der Waals surface area contributed by atoms with Gasteiger partial charge in [0.1, 0.15) is 5.82 Å². The van der Waals surface area contributed by atoms with Crippen LogP contribution in [0.5, 0.6) is 0 Å². The highest BCUT2D eigenvalue weighted by Gasteiger charge is 2.21. The van der Waals surface area contributed by atoms with E-state index >= 15 is 0 Å². The molecule has 7 heteroatoms. The Balaban J connectivity index is 1.35. The molecular formula is C25H23Cl3N4. The van der Waals surface area contributed by atoms with E-state index in [1.165, 1.54) is 0 Å². The minimum Gasteiger partial charge on any atom is -0.369 e. The van der Waals surface area contributed by atoms with Crippen LogP contribution in [0.1, 0.15) is 11.4 Å². The highest BCUT2D eigenvalue weighted by atomic mass is 35.5. The fourth-order valence-electron chi connectivity index (χ4n) is 4.31. The topological polar surface area (TPSA) is 24.3 Å². The van der Waals surface area contributed by atoms with Crippen LogP contribution >= 0.6 is 34.8 Å². The lowest BCUT2D eigenvalue weighted by Crippen LogP contribution is -2.46. The molecule has 3 aromatic carbocycles. The maximum Gasteiger partial charge on any atom is 0.124 e. The van der Waals surface area contributed by atoms with Crippen LogP contribution in [0.3, 0.4) is 0 Å². The van der Waals surface area contributed by atoms with Crippen molar-refractivity contribution < 1.29 is 0 Å². The van der Waals surface area contributed by atoms with Gasteiger partial charge in [0.05, 0.1) is 24.1 Å². The first kappa shape index (κ1) is 21.6. The first-order valence-corrected chi connectivity index (χ1v) is 11.8. The second-order valence-corrected chi connectivity index (χ2v) is 9.37. The number of aromatic nitrogens is 2. The first-order valence-electron chi connectivity index (χ1n) is 10.7. The third-order valence-corrected chi connectivity index (χ3v) is 6.77. The normalized spacial score (nSPS) is 14.9. The predicted molar refractivity (Wildman–Crippen MR) is 134 cm³/mol. The Hall–Kier alpha value is -2.24. The molecule has 0 bridgehead atoms. The van der Waals surface area contributed by atoms with Gasteiger partial charge in [-0.05, 0) is 42.0 Å². The zero-order valence-corrected chi connectivity index (χ0v) is 19.8. The number of halogens is 3. The SMILES string of the molecule is Clc1cc(Cl)cc(N2CCN(Cc3nc4ccccc4n3Cc3ccccc3Cl)CC2)c1. The van der Waals surface area contributed by atoms with E-state index in [4.69, 9.17) is 39.8 Å². The molecule has 1 aliphatic rings. The number of fused-ring (bicyclic) bond motifs is 1. The summed E-state index contributed by atoms with van der Waals surface area (Å²) in [5, 5.41) is 2.12. The standard InChI is InChI=1S/C25H23Cl3N4/c26-19-13-20(27)15-21(14-19)31-11-9-30(10-12-31)17-25-29-23-7-3-4-8-24(23)32(25)16-18-5-1-2-6-22(18)28/h1-8,13-15H,9-12,16-17H2. The summed E-state index contributed by atoms with van der Waals surface area (Å²) in [6.45, 7) is 5.22. The monoisotopic (exact) mass is 484 g/mol. The summed E-state index contributed by atoms with van der Waals surface area (Å²) in [7, 11) is 0. The van der Waals surface area contributed by atoms with Crippen molar-refractivity contribution in [3.63, 3.8) is 0 Å². The Bertz CT molecular complexity index is 1220. The van der Waals surface area contributed by atoms with Crippen molar-refractivity contribution in [2.45, 2.75) is 13.1 Å². The molecule has 1 aliphatic heterocycles. The summed E-state index contributed by atoms with van der Waals surface area (Å²) in [5.41, 5.74) is 4.32. The molecule has 0 saturated carbocycles. The Labute approximate surface area is 202 Å².